The minimum atomic E-state index is -0.0444. The van der Waals surface area contributed by atoms with Crippen LogP contribution in [0.3, 0.4) is 0 Å². The molecule has 0 unspecified atom stereocenters. The lowest BCUT2D eigenvalue weighted by molar-refractivity contribution is -0.124. The third-order valence-corrected chi connectivity index (χ3v) is 5.19. The number of hydrogen-bond donors (Lipinski definition) is 1. The van der Waals surface area contributed by atoms with E-state index in [-0.39, 0.29) is 18.1 Å². The van der Waals surface area contributed by atoms with Gasteiger partial charge in [-0.1, -0.05) is 37.5 Å². The summed E-state index contributed by atoms with van der Waals surface area (Å²) in [5, 5.41) is 3.11. The van der Waals surface area contributed by atoms with E-state index in [2.05, 4.69) is 10.2 Å². The molecule has 0 bridgehead atoms. The van der Waals surface area contributed by atoms with Gasteiger partial charge >= 0.3 is 0 Å². The molecule has 132 valence electrons. The number of para-hydroxylation sites is 1. The smallest absolute Gasteiger partial charge is 0.258 e. The molecule has 1 aromatic carbocycles. The Hall–Kier alpha value is -1.59. The minimum Gasteiger partial charge on any atom is -0.484 e. The first-order valence-corrected chi connectivity index (χ1v) is 9.06. The first-order chi connectivity index (χ1) is 11.8. The van der Waals surface area contributed by atoms with Gasteiger partial charge in [-0.15, -0.1) is 0 Å². The Labute approximate surface area is 144 Å². The summed E-state index contributed by atoms with van der Waals surface area (Å²) in [5.41, 5.74) is 0.102. The molecular formula is C19H28N2O3. The lowest BCUT2D eigenvalue weighted by atomic mass is 9.79. The second kappa shape index (κ2) is 8.49. The van der Waals surface area contributed by atoms with Gasteiger partial charge in [0.25, 0.3) is 5.91 Å². The van der Waals surface area contributed by atoms with Gasteiger partial charge < -0.3 is 14.8 Å². The van der Waals surface area contributed by atoms with Gasteiger partial charge in [-0.3, -0.25) is 9.69 Å². The summed E-state index contributed by atoms with van der Waals surface area (Å²) >= 11 is 0. The highest BCUT2D eigenvalue weighted by atomic mass is 16.5. The third-order valence-electron chi connectivity index (χ3n) is 5.19. The molecule has 2 aliphatic rings. The van der Waals surface area contributed by atoms with Crippen molar-refractivity contribution in [3.63, 3.8) is 0 Å². The number of benzene rings is 1. The maximum atomic E-state index is 12.2. The highest BCUT2D eigenvalue weighted by molar-refractivity contribution is 5.77. The lowest BCUT2D eigenvalue weighted by Gasteiger charge is -2.48. The van der Waals surface area contributed by atoms with E-state index in [1.54, 1.807) is 0 Å². The monoisotopic (exact) mass is 332 g/mol. The normalized spacial score (nSPS) is 21.2. The molecule has 1 saturated carbocycles. The van der Waals surface area contributed by atoms with Gasteiger partial charge in [-0.05, 0) is 25.0 Å². The summed E-state index contributed by atoms with van der Waals surface area (Å²) in [6.45, 7) is 4.32. The highest BCUT2D eigenvalue weighted by Gasteiger charge is 2.38. The molecular weight excluding hydrogens is 304 g/mol. The second-order valence-electron chi connectivity index (χ2n) is 6.76. The maximum Gasteiger partial charge on any atom is 0.258 e. The van der Waals surface area contributed by atoms with Crippen molar-refractivity contribution in [2.75, 3.05) is 39.5 Å². The number of carbonyl (C=O) groups excluding carboxylic acids is 1. The van der Waals surface area contributed by atoms with Gasteiger partial charge in [-0.25, -0.2) is 0 Å². The molecule has 5 nitrogen and oxygen atoms in total. The summed E-state index contributed by atoms with van der Waals surface area (Å²) in [5.74, 6) is 0.685. The van der Waals surface area contributed by atoms with Gasteiger partial charge in [0.2, 0.25) is 0 Å². The zero-order valence-electron chi connectivity index (χ0n) is 14.3. The van der Waals surface area contributed by atoms with Crippen molar-refractivity contribution in [3.8, 4) is 5.75 Å². The average Bonchev–Trinajstić information content (AvgIpc) is 2.67. The van der Waals surface area contributed by atoms with E-state index < -0.39 is 0 Å². The fourth-order valence-electron chi connectivity index (χ4n) is 3.83. The van der Waals surface area contributed by atoms with E-state index in [1.165, 1.54) is 19.3 Å². The van der Waals surface area contributed by atoms with Gasteiger partial charge in [0.05, 0.1) is 13.2 Å². The Morgan fingerprint density at radius 3 is 2.54 bits per heavy atom. The molecule has 1 amide bonds. The molecule has 0 aromatic heterocycles. The van der Waals surface area contributed by atoms with Gasteiger partial charge in [0.1, 0.15) is 5.75 Å². The number of nitrogens with one attached hydrogen (secondary N) is 1. The Morgan fingerprint density at radius 1 is 1.12 bits per heavy atom. The number of carbonyl (C=O) groups is 1. The molecule has 1 N–H and O–H groups in total. The molecule has 0 radical (unpaired) electrons. The summed E-state index contributed by atoms with van der Waals surface area (Å²) in [4.78, 5) is 14.7. The van der Waals surface area contributed by atoms with E-state index in [1.807, 2.05) is 30.3 Å². The van der Waals surface area contributed by atoms with Gasteiger partial charge in [0.15, 0.2) is 6.61 Å². The standard InChI is InChI=1S/C19H28N2O3/c22-18(15-24-17-7-3-1-4-8-17)20-16-19(9-5-2-6-10-19)21-11-13-23-14-12-21/h1,3-4,7-8H,2,5-6,9-16H2,(H,20,22). The van der Waals surface area contributed by atoms with Crippen molar-refractivity contribution >= 4 is 5.91 Å². The number of rotatable bonds is 6. The van der Waals surface area contributed by atoms with Crippen LogP contribution in [0.1, 0.15) is 32.1 Å². The van der Waals surface area contributed by atoms with Crippen molar-refractivity contribution in [2.24, 2.45) is 0 Å². The van der Waals surface area contributed by atoms with Crippen molar-refractivity contribution in [1.29, 1.82) is 0 Å². The lowest BCUT2D eigenvalue weighted by Crippen LogP contribution is -2.60. The average molecular weight is 332 g/mol. The molecule has 0 atom stereocenters. The Bertz CT molecular complexity index is 509. The number of morpholine rings is 1. The molecule has 1 aliphatic carbocycles. The Balaban J connectivity index is 1.52. The molecule has 24 heavy (non-hydrogen) atoms. The summed E-state index contributed by atoms with van der Waals surface area (Å²) in [7, 11) is 0. The molecule has 2 fully saturated rings. The van der Waals surface area contributed by atoms with Crippen molar-refractivity contribution in [1.82, 2.24) is 10.2 Å². The van der Waals surface area contributed by atoms with Crippen molar-refractivity contribution in [3.05, 3.63) is 30.3 Å². The first-order valence-electron chi connectivity index (χ1n) is 9.06. The highest BCUT2D eigenvalue weighted by Crippen LogP contribution is 2.33. The van der Waals surface area contributed by atoms with Crippen molar-refractivity contribution in [2.45, 2.75) is 37.6 Å². The van der Waals surface area contributed by atoms with Gasteiger partial charge in [0, 0.05) is 25.2 Å². The summed E-state index contributed by atoms with van der Waals surface area (Å²) in [6, 6.07) is 9.47. The van der Waals surface area contributed by atoms with Crippen LogP contribution >= 0.6 is 0 Å². The number of amides is 1. The van der Waals surface area contributed by atoms with E-state index >= 15 is 0 Å². The number of nitrogens with zero attached hydrogens (tertiary/aromatic N) is 1. The molecule has 1 saturated heterocycles. The maximum absolute atomic E-state index is 12.2. The molecule has 3 rings (SSSR count). The molecule has 5 heteroatoms. The molecule has 1 aliphatic heterocycles. The topological polar surface area (TPSA) is 50.8 Å². The van der Waals surface area contributed by atoms with Crippen LogP contribution < -0.4 is 10.1 Å². The van der Waals surface area contributed by atoms with E-state index in [0.29, 0.717) is 6.54 Å². The SMILES string of the molecule is O=C(COc1ccccc1)NCC1(N2CCOCC2)CCCCC1. The van der Waals surface area contributed by atoms with Crippen molar-refractivity contribution < 1.29 is 14.3 Å². The quantitative estimate of drug-likeness (QED) is 0.868. The predicted molar refractivity (Wildman–Crippen MR) is 93.2 cm³/mol. The largest absolute Gasteiger partial charge is 0.484 e. The van der Waals surface area contributed by atoms with Gasteiger partial charge in [-0.2, -0.15) is 0 Å². The van der Waals surface area contributed by atoms with Crippen LogP contribution in [0.25, 0.3) is 0 Å². The summed E-state index contributed by atoms with van der Waals surface area (Å²) in [6.07, 6.45) is 6.11. The first kappa shape index (κ1) is 17.2. The Morgan fingerprint density at radius 2 is 1.83 bits per heavy atom. The number of hydrogen-bond acceptors (Lipinski definition) is 4. The van der Waals surface area contributed by atoms with Crippen LogP contribution in [0.15, 0.2) is 30.3 Å². The van der Waals surface area contributed by atoms with Crippen LogP contribution in [0.4, 0.5) is 0 Å². The van der Waals surface area contributed by atoms with E-state index in [9.17, 15) is 4.79 Å². The van der Waals surface area contributed by atoms with E-state index in [4.69, 9.17) is 9.47 Å². The summed E-state index contributed by atoms with van der Waals surface area (Å²) < 4.78 is 11.0. The van der Waals surface area contributed by atoms with Crippen LogP contribution in [0.5, 0.6) is 5.75 Å². The number of ether oxygens (including phenoxy) is 2. The zero-order chi connectivity index (χ0) is 16.7. The predicted octanol–water partition coefficient (Wildman–Crippen LogP) is 2.22. The van der Waals surface area contributed by atoms with Crippen LogP contribution in [0, 0.1) is 0 Å². The molecule has 0 spiro atoms. The van der Waals surface area contributed by atoms with Crippen LogP contribution in [-0.4, -0.2) is 55.8 Å². The Kier molecular flexibility index (Phi) is 6.10. The minimum absolute atomic E-state index is 0.0444. The zero-order valence-corrected chi connectivity index (χ0v) is 14.3. The third kappa shape index (κ3) is 4.48. The van der Waals surface area contributed by atoms with Crippen LogP contribution in [0.2, 0.25) is 0 Å². The fraction of sp³-hybridized carbons (Fsp3) is 0.632. The van der Waals surface area contributed by atoms with E-state index in [0.717, 1.165) is 44.9 Å². The van der Waals surface area contributed by atoms with Crippen LogP contribution in [-0.2, 0) is 9.53 Å². The molecule has 1 aromatic rings. The fourth-order valence-corrected chi connectivity index (χ4v) is 3.83. The molecule has 1 heterocycles. The second-order valence-corrected chi connectivity index (χ2v) is 6.76.